The predicted molar refractivity (Wildman–Crippen MR) is 79.9 cm³/mol. The minimum Gasteiger partial charge on any atom is -0.480 e. The molecule has 0 fully saturated rings. The lowest BCUT2D eigenvalue weighted by Gasteiger charge is -2.34. The van der Waals surface area contributed by atoms with Crippen LogP contribution in [0, 0.1) is 6.92 Å². The van der Waals surface area contributed by atoms with Crippen LogP contribution in [0.2, 0.25) is 0 Å². The van der Waals surface area contributed by atoms with Gasteiger partial charge in [-0.3, -0.25) is 14.7 Å². The van der Waals surface area contributed by atoms with Crippen LogP contribution in [0.3, 0.4) is 0 Å². The molecule has 3 rings (SSSR count). The second-order valence-corrected chi connectivity index (χ2v) is 5.46. The summed E-state index contributed by atoms with van der Waals surface area (Å²) in [6.07, 6.45) is 4.48. The van der Waals surface area contributed by atoms with Gasteiger partial charge in [-0.1, -0.05) is 24.3 Å². The predicted octanol–water partition coefficient (Wildman–Crippen LogP) is 2.57. The van der Waals surface area contributed by atoms with E-state index in [1.165, 1.54) is 0 Å². The molecule has 1 atom stereocenters. The summed E-state index contributed by atoms with van der Waals surface area (Å²) in [7, 11) is 0. The first-order valence-corrected chi connectivity index (χ1v) is 7.11. The largest absolute Gasteiger partial charge is 0.480 e. The van der Waals surface area contributed by atoms with Crippen LogP contribution in [0.4, 0.5) is 0 Å². The van der Waals surface area contributed by atoms with E-state index in [4.69, 9.17) is 0 Å². The molecular formula is C17H18N2O2. The van der Waals surface area contributed by atoms with Gasteiger partial charge in [0.05, 0.1) is 0 Å². The Bertz CT molecular complexity index is 669. The number of pyridine rings is 1. The first-order chi connectivity index (χ1) is 10.2. The maximum atomic E-state index is 11.7. The van der Waals surface area contributed by atoms with E-state index in [1.54, 1.807) is 6.20 Å². The minimum atomic E-state index is -0.788. The van der Waals surface area contributed by atoms with Crippen LogP contribution in [-0.4, -0.2) is 27.5 Å². The van der Waals surface area contributed by atoms with Crippen molar-refractivity contribution in [1.29, 1.82) is 0 Å². The Labute approximate surface area is 124 Å². The first kappa shape index (κ1) is 13.8. The molecule has 0 spiro atoms. The molecule has 2 aromatic rings. The Morgan fingerprint density at radius 2 is 2.19 bits per heavy atom. The highest BCUT2D eigenvalue weighted by molar-refractivity contribution is 5.76. The Morgan fingerprint density at radius 1 is 1.38 bits per heavy atom. The van der Waals surface area contributed by atoms with Crippen molar-refractivity contribution in [2.75, 3.05) is 6.54 Å². The third-order valence-corrected chi connectivity index (χ3v) is 4.14. The lowest BCUT2D eigenvalue weighted by atomic mass is 9.92. The molecule has 0 saturated heterocycles. The number of hydrogen-bond acceptors (Lipinski definition) is 3. The van der Waals surface area contributed by atoms with Gasteiger partial charge in [-0.2, -0.15) is 0 Å². The molecule has 1 N–H and O–H groups in total. The van der Waals surface area contributed by atoms with Crippen molar-refractivity contribution >= 4 is 5.97 Å². The lowest BCUT2D eigenvalue weighted by Crippen LogP contribution is -2.39. The fraction of sp³-hybridized carbons (Fsp3) is 0.294. The summed E-state index contributed by atoms with van der Waals surface area (Å²) < 4.78 is 0. The van der Waals surface area contributed by atoms with Crippen molar-refractivity contribution in [3.05, 3.63) is 65.0 Å². The van der Waals surface area contributed by atoms with Crippen LogP contribution in [-0.2, 0) is 17.8 Å². The molecule has 4 heteroatoms. The van der Waals surface area contributed by atoms with Crippen LogP contribution < -0.4 is 0 Å². The summed E-state index contributed by atoms with van der Waals surface area (Å²) in [5, 5.41) is 9.65. The number of hydrogen-bond donors (Lipinski definition) is 1. The minimum absolute atomic E-state index is 0.574. The number of fused-ring (bicyclic) bond motifs is 1. The van der Waals surface area contributed by atoms with Gasteiger partial charge in [-0.15, -0.1) is 0 Å². The summed E-state index contributed by atoms with van der Waals surface area (Å²) in [4.78, 5) is 17.9. The standard InChI is InChI=1S/C17H18N2O2/c1-12-6-8-18-10-14(12)11-19-9-7-13-4-2-3-5-15(13)16(19)17(20)21/h2-6,8,10,16H,7,9,11H2,1H3,(H,20,21). The van der Waals surface area contributed by atoms with Crippen molar-refractivity contribution in [2.24, 2.45) is 0 Å². The highest BCUT2D eigenvalue weighted by Crippen LogP contribution is 2.31. The maximum Gasteiger partial charge on any atom is 0.325 e. The molecule has 2 heterocycles. The molecule has 1 aromatic heterocycles. The van der Waals surface area contributed by atoms with Crippen LogP contribution in [0.1, 0.15) is 28.3 Å². The average Bonchev–Trinajstić information content (AvgIpc) is 2.49. The van der Waals surface area contributed by atoms with E-state index in [9.17, 15) is 9.90 Å². The number of aryl methyl sites for hydroxylation is 1. The smallest absolute Gasteiger partial charge is 0.325 e. The van der Waals surface area contributed by atoms with Gasteiger partial charge in [-0.25, -0.2) is 0 Å². The van der Waals surface area contributed by atoms with E-state index in [2.05, 4.69) is 4.98 Å². The van der Waals surface area contributed by atoms with Crippen molar-refractivity contribution < 1.29 is 9.90 Å². The van der Waals surface area contributed by atoms with E-state index in [0.717, 1.165) is 35.2 Å². The fourth-order valence-electron chi connectivity index (χ4n) is 2.96. The number of benzene rings is 1. The first-order valence-electron chi connectivity index (χ1n) is 7.11. The Hall–Kier alpha value is -2.20. The van der Waals surface area contributed by atoms with E-state index < -0.39 is 12.0 Å². The number of nitrogens with zero attached hydrogens (tertiary/aromatic N) is 2. The van der Waals surface area contributed by atoms with Crippen molar-refractivity contribution in [3.8, 4) is 0 Å². The zero-order valence-electron chi connectivity index (χ0n) is 12.0. The molecule has 0 radical (unpaired) electrons. The van der Waals surface area contributed by atoms with Crippen LogP contribution in [0.15, 0.2) is 42.7 Å². The molecular weight excluding hydrogens is 264 g/mol. The highest BCUT2D eigenvalue weighted by Gasteiger charge is 2.32. The van der Waals surface area contributed by atoms with Gasteiger partial charge < -0.3 is 5.11 Å². The topological polar surface area (TPSA) is 53.4 Å². The molecule has 0 amide bonds. The molecule has 4 nitrogen and oxygen atoms in total. The number of rotatable bonds is 3. The zero-order chi connectivity index (χ0) is 14.8. The Morgan fingerprint density at radius 3 is 2.95 bits per heavy atom. The number of aliphatic carboxylic acids is 1. The quantitative estimate of drug-likeness (QED) is 0.940. The second-order valence-electron chi connectivity index (χ2n) is 5.46. The van der Waals surface area contributed by atoms with Crippen LogP contribution >= 0.6 is 0 Å². The van der Waals surface area contributed by atoms with E-state index in [0.29, 0.717) is 6.54 Å². The molecule has 1 aliphatic heterocycles. The molecule has 21 heavy (non-hydrogen) atoms. The molecule has 0 saturated carbocycles. The molecule has 0 aliphatic carbocycles. The monoisotopic (exact) mass is 282 g/mol. The van der Waals surface area contributed by atoms with Gasteiger partial charge in [0.15, 0.2) is 0 Å². The highest BCUT2D eigenvalue weighted by atomic mass is 16.4. The van der Waals surface area contributed by atoms with Gasteiger partial charge in [0, 0.05) is 25.5 Å². The van der Waals surface area contributed by atoms with Crippen LogP contribution in [0.5, 0.6) is 0 Å². The van der Waals surface area contributed by atoms with Gasteiger partial charge in [0.1, 0.15) is 6.04 Å². The summed E-state index contributed by atoms with van der Waals surface area (Å²) in [5.41, 5.74) is 4.29. The fourth-order valence-corrected chi connectivity index (χ4v) is 2.96. The summed E-state index contributed by atoms with van der Waals surface area (Å²) in [6.45, 7) is 3.40. The molecule has 1 unspecified atom stereocenters. The normalized spacial score (nSPS) is 18.2. The van der Waals surface area contributed by atoms with E-state index >= 15 is 0 Å². The third kappa shape index (κ3) is 2.67. The number of carboxylic acids is 1. The Balaban J connectivity index is 1.93. The van der Waals surface area contributed by atoms with Gasteiger partial charge >= 0.3 is 5.97 Å². The number of aromatic nitrogens is 1. The van der Waals surface area contributed by atoms with Crippen LogP contribution in [0.25, 0.3) is 0 Å². The number of carbonyl (C=O) groups is 1. The average molecular weight is 282 g/mol. The SMILES string of the molecule is Cc1ccncc1CN1CCc2ccccc2C1C(=O)O. The summed E-state index contributed by atoms with van der Waals surface area (Å²) >= 11 is 0. The molecule has 1 aliphatic rings. The molecule has 0 bridgehead atoms. The Kier molecular flexibility index (Phi) is 3.71. The second kappa shape index (κ2) is 5.66. The van der Waals surface area contributed by atoms with Gasteiger partial charge in [-0.05, 0) is 41.7 Å². The summed E-state index contributed by atoms with van der Waals surface area (Å²) in [5.74, 6) is -0.788. The zero-order valence-corrected chi connectivity index (χ0v) is 12.0. The van der Waals surface area contributed by atoms with Gasteiger partial charge in [0.2, 0.25) is 0 Å². The molecule has 1 aromatic carbocycles. The van der Waals surface area contributed by atoms with Crippen molar-refractivity contribution in [2.45, 2.75) is 25.9 Å². The van der Waals surface area contributed by atoms with Crippen molar-refractivity contribution in [3.63, 3.8) is 0 Å². The van der Waals surface area contributed by atoms with Gasteiger partial charge in [0.25, 0.3) is 0 Å². The third-order valence-electron chi connectivity index (χ3n) is 4.14. The molecule has 108 valence electrons. The maximum absolute atomic E-state index is 11.7. The van der Waals surface area contributed by atoms with Crippen molar-refractivity contribution in [1.82, 2.24) is 9.88 Å². The van der Waals surface area contributed by atoms with E-state index in [1.807, 2.05) is 48.4 Å². The lowest BCUT2D eigenvalue weighted by molar-refractivity contribution is -0.144. The summed E-state index contributed by atoms with van der Waals surface area (Å²) in [6, 6.07) is 9.22. The van der Waals surface area contributed by atoms with E-state index in [-0.39, 0.29) is 0 Å². The number of carboxylic acid groups (broad SMARTS) is 1.